The smallest absolute Gasteiger partial charge is 0.254 e. The Bertz CT molecular complexity index is 680. The number of piperidine rings is 1. The molecule has 2 aromatic rings. The summed E-state index contributed by atoms with van der Waals surface area (Å²) in [5, 5.41) is 6.60. The van der Waals surface area contributed by atoms with Crippen LogP contribution in [0.3, 0.4) is 0 Å². The van der Waals surface area contributed by atoms with Gasteiger partial charge in [-0.15, -0.1) is 0 Å². The van der Waals surface area contributed by atoms with Crippen LogP contribution in [0.4, 0.5) is 5.82 Å². The molecule has 0 aliphatic carbocycles. The van der Waals surface area contributed by atoms with Crippen LogP contribution in [-0.2, 0) is 4.79 Å². The summed E-state index contributed by atoms with van der Waals surface area (Å²) < 4.78 is 0.871. The molecule has 1 saturated heterocycles. The fourth-order valence-corrected chi connectivity index (χ4v) is 3.46. The monoisotopic (exact) mass is 393 g/mol. The van der Waals surface area contributed by atoms with Gasteiger partial charge in [0.05, 0.1) is 5.56 Å². The average molecular weight is 394 g/mol. The molecular formula is C16H16BrN3O2S. The summed E-state index contributed by atoms with van der Waals surface area (Å²) in [5.74, 6) is 0.504. The highest BCUT2D eigenvalue weighted by Gasteiger charge is 2.28. The number of amides is 2. The Hall–Kier alpha value is -1.73. The summed E-state index contributed by atoms with van der Waals surface area (Å²) in [6.45, 7) is 1.22. The first-order valence-corrected chi connectivity index (χ1v) is 9.11. The summed E-state index contributed by atoms with van der Waals surface area (Å²) >= 11 is 4.83. The molecule has 0 atom stereocenters. The molecule has 1 N–H and O–H groups in total. The number of likely N-dealkylation sites (tertiary alicyclic amines) is 1. The summed E-state index contributed by atoms with van der Waals surface area (Å²) in [4.78, 5) is 30.5. The van der Waals surface area contributed by atoms with Gasteiger partial charge in [0.15, 0.2) is 0 Å². The molecule has 2 amide bonds. The zero-order valence-electron chi connectivity index (χ0n) is 12.4. The van der Waals surface area contributed by atoms with Crippen LogP contribution < -0.4 is 5.32 Å². The van der Waals surface area contributed by atoms with Crippen molar-refractivity contribution in [2.45, 2.75) is 12.8 Å². The first-order valence-electron chi connectivity index (χ1n) is 7.37. The van der Waals surface area contributed by atoms with Crippen LogP contribution in [0.5, 0.6) is 0 Å². The molecule has 0 aromatic carbocycles. The Kier molecular flexibility index (Phi) is 5.07. The molecule has 0 saturated carbocycles. The lowest BCUT2D eigenvalue weighted by Gasteiger charge is -2.31. The summed E-state index contributed by atoms with van der Waals surface area (Å²) in [7, 11) is 0. The number of thiophene rings is 1. The van der Waals surface area contributed by atoms with E-state index in [0.717, 1.165) is 10.0 Å². The molecule has 0 bridgehead atoms. The maximum atomic E-state index is 12.3. The second-order valence-corrected chi connectivity index (χ2v) is 7.13. The van der Waals surface area contributed by atoms with Crippen molar-refractivity contribution in [3.8, 4) is 0 Å². The fourth-order valence-electron chi connectivity index (χ4n) is 2.59. The minimum absolute atomic E-state index is 0.0255. The van der Waals surface area contributed by atoms with Gasteiger partial charge in [0, 0.05) is 35.1 Å². The van der Waals surface area contributed by atoms with Gasteiger partial charge in [0.2, 0.25) is 5.91 Å². The number of rotatable bonds is 3. The number of nitrogens with one attached hydrogen (secondary N) is 1. The normalized spacial score (nSPS) is 15.4. The summed E-state index contributed by atoms with van der Waals surface area (Å²) in [6, 6.07) is 5.44. The van der Waals surface area contributed by atoms with Gasteiger partial charge in [0.25, 0.3) is 5.91 Å². The second kappa shape index (κ2) is 7.23. The molecule has 1 fully saturated rings. The SMILES string of the molecule is O=C(Nc1ccc(Br)cn1)C1CCN(C(=O)c2ccsc2)CC1. The highest BCUT2D eigenvalue weighted by Crippen LogP contribution is 2.21. The number of nitrogens with zero attached hydrogens (tertiary/aromatic N) is 2. The van der Waals surface area contributed by atoms with E-state index in [2.05, 4.69) is 26.2 Å². The molecule has 1 aliphatic rings. The molecule has 120 valence electrons. The molecule has 5 nitrogen and oxygen atoms in total. The van der Waals surface area contributed by atoms with E-state index in [4.69, 9.17) is 0 Å². The lowest BCUT2D eigenvalue weighted by molar-refractivity contribution is -0.121. The Morgan fingerprint density at radius 2 is 2.04 bits per heavy atom. The number of hydrogen-bond acceptors (Lipinski definition) is 4. The van der Waals surface area contributed by atoms with E-state index in [0.29, 0.717) is 31.7 Å². The van der Waals surface area contributed by atoms with Crippen LogP contribution in [0.25, 0.3) is 0 Å². The quantitative estimate of drug-likeness (QED) is 0.868. The lowest BCUT2D eigenvalue weighted by Crippen LogP contribution is -2.41. The third-order valence-corrected chi connectivity index (χ3v) is 5.05. The van der Waals surface area contributed by atoms with Crippen LogP contribution in [0.2, 0.25) is 0 Å². The summed E-state index contributed by atoms with van der Waals surface area (Å²) in [5.41, 5.74) is 0.733. The van der Waals surface area contributed by atoms with Gasteiger partial charge in [-0.25, -0.2) is 4.98 Å². The highest BCUT2D eigenvalue weighted by molar-refractivity contribution is 9.10. The van der Waals surface area contributed by atoms with Gasteiger partial charge in [-0.3, -0.25) is 9.59 Å². The summed E-state index contributed by atoms with van der Waals surface area (Å²) in [6.07, 6.45) is 3.01. The first kappa shape index (κ1) is 16.1. The van der Waals surface area contributed by atoms with Crippen molar-refractivity contribution in [1.29, 1.82) is 0 Å². The molecule has 3 heterocycles. The van der Waals surface area contributed by atoms with Gasteiger partial charge in [-0.1, -0.05) is 0 Å². The van der Waals surface area contributed by atoms with E-state index < -0.39 is 0 Å². The maximum Gasteiger partial charge on any atom is 0.254 e. The maximum absolute atomic E-state index is 12.3. The van der Waals surface area contributed by atoms with E-state index in [1.54, 1.807) is 12.3 Å². The average Bonchev–Trinajstić information content (AvgIpc) is 3.11. The van der Waals surface area contributed by atoms with Crippen molar-refractivity contribution < 1.29 is 9.59 Å². The predicted molar refractivity (Wildman–Crippen MR) is 93.5 cm³/mol. The van der Waals surface area contributed by atoms with Gasteiger partial charge >= 0.3 is 0 Å². The van der Waals surface area contributed by atoms with Crippen molar-refractivity contribution in [2.24, 2.45) is 5.92 Å². The number of carbonyl (C=O) groups is 2. The Labute approximate surface area is 146 Å². The number of anilines is 1. The molecule has 0 spiro atoms. The third-order valence-electron chi connectivity index (χ3n) is 3.90. The van der Waals surface area contributed by atoms with Gasteiger partial charge in [-0.05, 0) is 52.4 Å². The zero-order chi connectivity index (χ0) is 16.2. The number of pyridine rings is 1. The van der Waals surface area contributed by atoms with Crippen LogP contribution in [0.1, 0.15) is 23.2 Å². The van der Waals surface area contributed by atoms with Gasteiger partial charge in [-0.2, -0.15) is 11.3 Å². The van der Waals surface area contributed by atoms with Gasteiger partial charge < -0.3 is 10.2 Å². The first-order chi connectivity index (χ1) is 11.1. The van der Waals surface area contributed by atoms with Crippen molar-refractivity contribution in [3.05, 3.63) is 45.2 Å². The van der Waals surface area contributed by atoms with Crippen molar-refractivity contribution in [3.63, 3.8) is 0 Å². The topological polar surface area (TPSA) is 62.3 Å². The number of hydrogen-bond donors (Lipinski definition) is 1. The Morgan fingerprint density at radius 3 is 2.65 bits per heavy atom. The van der Waals surface area contributed by atoms with Crippen LogP contribution >= 0.6 is 27.3 Å². The van der Waals surface area contributed by atoms with E-state index in [1.165, 1.54) is 11.3 Å². The number of aromatic nitrogens is 1. The third kappa shape index (κ3) is 3.97. The molecule has 3 rings (SSSR count). The van der Waals surface area contributed by atoms with E-state index in [-0.39, 0.29) is 17.7 Å². The predicted octanol–water partition coefficient (Wildman–Crippen LogP) is 3.40. The van der Waals surface area contributed by atoms with Crippen molar-refractivity contribution >= 4 is 44.9 Å². The minimum Gasteiger partial charge on any atom is -0.339 e. The van der Waals surface area contributed by atoms with Crippen molar-refractivity contribution in [1.82, 2.24) is 9.88 Å². The van der Waals surface area contributed by atoms with E-state index >= 15 is 0 Å². The largest absolute Gasteiger partial charge is 0.339 e. The van der Waals surface area contributed by atoms with E-state index in [1.807, 2.05) is 27.8 Å². The number of carbonyl (C=O) groups excluding carboxylic acids is 2. The second-order valence-electron chi connectivity index (χ2n) is 5.43. The minimum atomic E-state index is -0.0769. The molecule has 0 unspecified atom stereocenters. The van der Waals surface area contributed by atoms with E-state index in [9.17, 15) is 9.59 Å². The van der Waals surface area contributed by atoms with Crippen molar-refractivity contribution in [2.75, 3.05) is 18.4 Å². The van der Waals surface area contributed by atoms with Gasteiger partial charge in [0.1, 0.15) is 5.82 Å². The molecule has 7 heteroatoms. The zero-order valence-corrected chi connectivity index (χ0v) is 14.8. The fraction of sp³-hybridized carbons (Fsp3) is 0.312. The van der Waals surface area contributed by atoms with Crippen LogP contribution in [0, 0.1) is 5.92 Å². The highest BCUT2D eigenvalue weighted by atomic mass is 79.9. The molecule has 23 heavy (non-hydrogen) atoms. The standard InChI is InChI=1S/C16H16BrN3O2S/c17-13-1-2-14(18-9-13)19-15(21)11-3-6-20(7-4-11)16(22)12-5-8-23-10-12/h1-2,5,8-11H,3-4,6-7H2,(H,18,19,21). The molecule has 2 aromatic heterocycles. The molecule has 0 radical (unpaired) electrons. The Morgan fingerprint density at radius 1 is 1.26 bits per heavy atom. The lowest BCUT2D eigenvalue weighted by atomic mass is 9.95. The number of halogens is 1. The van der Waals surface area contributed by atoms with Crippen LogP contribution in [0.15, 0.2) is 39.6 Å². The van der Waals surface area contributed by atoms with Crippen LogP contribution in [-0.4, -0.2) is 34.8 Å². The molecular weight excluding hydrogens is 378 g/mol. The molecule has 1 aliphatic heterocycles. The Balaban J connectivity index is 1.53.